The molecule has 0 bridgehead atoms. The molecule has 18 heavy (non-hydrogen) atoms. The Morgan fingerprint density at radius 2 is 1.94 bits per heavy atom. The van der Waals surface area contributed by atoms with Crippen molar-refractivity contribution in [1.29, 1.82) is 0 Å². The lowest BCUT2D eigenvalue weighted by molar-refractivity contribution is -0.0898. The topological polar surface area (TPSA) is 29.5 Å². The maximum atomic E-state index is 10.5. The van der Waals surface area contributed by atoms with Crippen molar-refractivity contribution in [2.45, 2.75) is 46.8 Å². The van der Waals surface area contributed by atoms with E-state index in [4.69, 9.17) is 16.3 Å². The van der Waals surface area contributed by atoms with Crippen molar-refractivity contribution >= 4 is 11.6 Å². The first-order chi connectivity index (χ1) is 8.27. The fourth-order valence-corrected chi connectivity index (χ4v) is 2.15. The molecule has 1 aromatic carbocycles. The van der Waals surface area contributed by atoms with Crippen LogP contribution < -0.4 is 0 Å². The molecule has 0 fully saturated rings. The second kappa shape index (κ2) is 6.05. The Morgan fingerprint density at radius 3 is 2.39 bits per heavy atom. The van der Waals surface area contributed by atoms with Gasteiger partial charge in [-0.3, -0.25) is 0 Å². The highest BCUT2D eigenvalue weighted by Crippen LogP contribution is 2.34. The Kier molecular flexibility index (Phi) is 5.20. The average molecular weight is 271 g/mol. The second-order valence-electron chi connectivity index (χ2n) is 5.70. The molecule has 0 radical (unpaired) electrons. The zero-order chi connectivity index (χ0) is 13.9. The fourth-order valence-electron chi connectivity index (χ4n) is 1.96. The van der Waals surface area contributed by atoms with Crippen LogP contribution in [0.4, 0.5) is 0 Å². The molecule has 0 aliphatic carbocycles. The first-order valence-electron chi connectivity index (χ1n) is 6.33. The third-order valence-electron chi connectivity index (χ3n) is 3.02. The summed E-state index contributed by atoms with van der Waals surface area (Å²) in [5, 5.41) is 11.2. The van der Waals surface area contributed by atoms with Crippen LogP contribution in [0.1, 0.15) is 44.9 Å². The van der Waals surface area contributed by atoms with Crippen LogP contribution in [-0.2, 0) is 4.74 Å². The lowest BCUT2D eigenvalue weighted by atomic mass is 9.83. The number of halogens is 1. The standard InChI is InChI=1S/C15H23ClO2/c1-6-18-14(15(3,4)5)13(17)11-8-7-10(2)12(16)9-11/h7-9,13-14,17H,6H2,1-5H3. The largest absolute Gasteiger partial charge is 0.386 e. The number of hydrogen-bond donors (Lipinski definition) is 1. The highest BCUT2D eigenvalue weighted by Gasteiger charge is 2.32. The lowest BCUT2D eigenvalue weighted by Gasteiger charge is -2.34. The molecule has 102 valence electrons. The van der Waals surface area contributed by atoms with Crippen molar-refractivity contribution in [2.75, 3.05) is 6.61 Å². The molecule has 1 rings (SSSR count). The minimum Gasteiger partial charge on any atom is -0.386 e. The Bertz CT molecular complexity index is 396. The maximum absolute atomic E-state index is 10.5. The van der Waals surface area contributed by atoms with E-state index in [1.807, 2.05) is 32.0 Å². The molecule has 2 unspecified atom stereocenters. The van der Waals surface area contributed by atoms with E-state index < -0.39 is 6.10 Å². The van der Waals surface area contributed by atoms with E-state index in [9.17, 15) is 5.11 Å². The van der Waals surface area contributed by atoms with E-state index in [0.29, 0.717) is 11.6 Å². The normalized spacial score (nSPS) is 15.5. The molecular weight excluding hydrogens is 248 g/mol. The van der Waals surface area contributed by atoms with E-state index in [-0.39, 0.29) is 11.5 Å². The van der Waals surface area contributed by atoms with Crippen LogP contribution in [0, 0.1) is 12.3 Å². The van der Waals surface area contributed by atoms with E-state index in [1.165, 1.54) is 0 Å². The predicted molar refractivity (Wildman–Crippen MR) is 76.0 cm³/mol. The number of aliphatic hydroxyl groups is 1. The third-order valence-corrected chi connectivity index (χ3v) is 3.43. The van der Waals surface area contributed by atoms with Crippen molar-refractivity contribution in [3.8, 4) is 0 Å². The number of aliphatic hydroxyl groups excluding tert-OH is 1. The molecule has 0 aromatic heterocycles. The van der Waals surface area contributed by atoms with Gasteiger partial charge in [-0.2, -0.15) is 0 Å². The Balaban J connectivity index is 3.01. The van der Waals surface area contributed by atoms with Crippen molar-refractivity contribution in [3.63, 3.8) is 0 Å². The number of hydrogen-bond acceptors (Lipinski definition) is 2. The molecule has 0 heterocycles. The molecule has 0 aliphatic heterocycles. The summed E-state index contributed by atoms with van der Waals surface area (Å²) in [4.78, 5) is 0. The van der Waals surface area contributed by atoms with Crippen molar-refractivity contribution < 1.29 is 9.84 Å². The van der Waals surface area contributed by atoms with Crippen LogP contribution in [0.2, 0.25) is 5.02 Å². The SMILES string of the molecule is CCOC(C(O)c1ccc(C)c(Cl)c1)C(C)(C)C. The Labute approximate surface area is 115 Å². The number of rotatable bonds is 4. The van der Waals surface area contributed by atoms with Gasteiger partial charge >= 0.3 is 0 Å². The van der Waals surface area contributed by atoms with Crippen LogP contribution in [0.5, 0.6) is 0 Å². The van der Waals surface area contributed by atoms with Crippen molar-refractivity contribution in [2.24, 2.45) is 5.41 Å². The van der Waals surface area contributed by atoms with Crippen LogP contribution in [0.3, 0.4) is 0 Å². The highest BCUT2D eigenvalue weighted by atomic mass is 35.5. The second-order valence-corrected chi connectivity index (χ2v) is 6.10. The first-order valence-corrected chi connectivity index (χ1v) is 6.71. The summed E-state index contributed by atoms with van der Waals surface area (Å²) in [6, 6.07) is 5.65. The van der Waals surface area contributed by atoms with Gasteiger partial charge in [0.25, 0.3) is 0 Å². The predicted octanol–water partition coefficient (Wildman–Crippen LogP) is 4.13. The molecule has 2 atom stereocenters. The van der Waals surface area contributed by atoms with Gasteiger partial charge in [-0.25, -0.2) is 0 Å². The van der Waals surface area contributed by atoms with Gasteiger partial charge in [-0.05, 0) is 36.5 Å². The van der Waals surface area contributed by atoms with E-state index >= 15 is 0 Å². The third kappa shape index (κ3) is 3.71. The molecule has 0 aliphatic rings. The molecule has 3 heteroatoms. The first kappa shape index (κ1) is 15.5. The van der Waals surface area contributed by atoms with Gasteiger partial charge in [0.15, 0.2) is 0 Å². The Morgan fingerprint density at radius 1 is 1.33 bits per heavy atom. The summed E-state index contributed by atoms with van der Waals surface area (Å²) >= 11 is 6.10. The molecule has 1 aromatic rings. The molecule has 0 saturated carbocycles. The fraction of sp³-hybridized carbons (Fsp3) is 0.600. The number of ether oxygens (including phenoxy) is 1. The van der Waals surface area contributed by atoms with Crippen molar-refractivity contribution in [3.05, 3.63) is 34.3 Å². The zero-order valence-corrected chi connectivity index (χ0v) is 12.6. The quantitative estimate of drug-likeness (QED) is 0.891. The summed E-state index contributed by atoms with van der Waals surface area (Å²) in [5.41, 5.74) is 1.68. The minimum atomic E-state index is -0.664. The molecule has 0 amide bonds. The molecule has 2 nitrogen and oxygen atoms in total. The monoisotopic (exact) mass is 270 g/mol. The van der Waals surface area contributed by atoms with Gasteiger partial charge in [0.2, 0.25) is 0 Å². The van der Waals surface area contributed by atoms with Crippen LogP contribution in [0.15, 0.2) is 18.2 Å². The van der Waals surface area contributed by atoms with Crippen LogP contribution >= 0.6 is 11.6 Å². The number of benzene rings is 1. The zero-order valence-electron chi connectivity index (χ0n) is 11.8. The van der Waals surface area contributed by atoms with Gasteiger partial charge in [-0.1, -0.05) is 44.5 Å². The Hall–Kier alpha value is -0.570. The number of aryl methyl sites for hydroxylation is 1. The van der Waals surface area contributed by atoms with Crippen molar-refractivity contribution in [1.82, 2.24) is 0 Å². The van der Waals surface area contributed by atoms with Crippen LogP contribution in [-0.4, -0.2) is 17.8 Å². The molecular formula is C15H23ClO2. The average Bonchev–Trinajstić information content (AvgIpc) is 2.27. The molecule has 0 spiro atoms. The minimum absolute atomic E-state index is 0.132. The van der Waals surface area contributed by atoms with Gasteiger partial charge in [0.05, 0.1) is 6.10 Å². The summed E-state index contributed by atoms with van der Waals surface area (Å²) in [7, 11) is 0. The van der Waals surface area contributed by atoms with Gasteiger partial charge in [-0.15, -0.1) is 0 Å². The molecule has 1 N–H and O–H groups in total. The van der Waals surface area contributed by atoms with E-state index in [2.05, 4.69) is 20.8 Å². The summed E-state index contributed by atoms with van der Waals surface area (Å²) in [5.74, 6) is 0. The smallest absolute Gasteiger partial charge is 0.106 e. The van der Waals surface area contributed by atoms with Gasteiger partial charge < -0.3 is 9.84 Å². The summed E-state index contributed by atoms with van der Waals surface area (Å²) in [6.07, 6.45) is -0.913. The van der Waals surface area contributed by atoms with Gasteiger partial charge in [0, 0.05) is 11.6 Å². The lowest BCUT2D eigenvalue weighted by Crippen LogP contribution is -2.35. The van der Waals surface area contributed by atoms with Crippen LogP contribution in [0.25, 0.3) is 0 Å². The van der Waals surface area contributed by atoms with E-state index in [1.54, 1.807) is 0 Å². The summed E-state index contributed by atoms with van der Waals surface area (Å²) in [6.45, 7) is 10.7. The summed E-state index contributed by atoms with van der Waals surface area (Å²) < 4.78 is 5.70. The maximum Gasteiger partial charge on any atom is 0.106 e. The van der Waals surface area contributed by atoms with E-state index in [0.717, 1.165) is 11.1 Å². The van der Waals surface area contributed by atoms with Gasteiger partial charge in [0.1, 0.15) is 6.10 Å². The highest BCUT2D eigenvalue weighted by molar-refractivity contribution is 6.31. The molecule has 0 saturated heterocycles.